The molecule has 3 aromatic rings. The van der Waals surface area contributed by atoms with Gasteiger partial charge in [0.05, 0.1) is 11.2 Å². The summed E-state index contributed by atoms with van der Waals surface area (Å²) in [5.74, 6) is -0.345. The fourth-order valence-corrected chi connectivity index (χ4v) is 3.42. The smallest absolute Gasteiger partial charge is 0.123 e. The molecule has 2 aromatic carbocycles. The molecule has 0 amide bonds. The third-order valence-corrected chi connectivity index (χ3v) is 5.07. The molecule has 1 aliphatic rings. The zero-order valence-electron chi connectivity index (χ0n) is 15.5. The molecule has 4 rings (SSSR count). The molecule has 2 nitrogen and oxygen atoms in total. The SMILES string of the molecule is C/C(=C\c1ccc2cc(C3=CC=C(F)CC3)cnc2c1N)c1ccc(F)cc1. The molecule has 4 heteroatoms. The summed E-state index contributed by atoms with van der Waals surface area (Å²) in [5.41, 5.74) is 12.6. The molecule has 1 aromatic heterocycles. The molecule has 0 saturated heterocycles. The van der Waals surface area contributed by atoms with Crippen LogP contribution < -0.4 is 5.73 Å². The van der Waals surface area contributed by atoms with E-state index in [0.29, 0.717) is 18.5 Å². The van der Waals surface area contributed by atoms with Crippen LogP contribution in [0.4, 0.5) is 14.5 Å². The number of rotatable bonds is 3. The van der Waals surface area contributed by atoms with Gasteiger partial charge >= 0.3 is 0 Å². The van der Waals surface area contributed by atoms with Gasteiger partial charge in [0.15, 0.2) is 0 Å². The minimum absolute atomic E-state index is 0.0882. The Morgan fingerprint density at radius 2 is 1.82 bits per heavy atom. The Hall–Kier alpha value is -3.27. The Morgan fingerprint density at radius 3 is 2.54 bits per heavy atom. The van der Waals surface area contributed by atoms with Crippen molar-refractivity contribution < 1.29 is 8.78 Å². The summed E-state index contributed by atoms with van der Waals surface area (Å²) < 4.78 is 26.4. The van der Waals surface area contributed by atoms with Gasteiger partial charge in [-0.2, -0.15) is 0 Å². The predicted molar refractivity (Wildman–Crippen MR) is 113 cm³/mol. The van der Waals surface area contributed by atoms with E-state index in [1.54, 1.807) is 18.3 Å². The standard InChI is InChI=1S/C24H20F2N2/c1-15(16-4-8-21(25)9-5-16)12-18-2-3-19-13-20(14-28-24(19)23(18)27)17-6-10-22(26)11-7-17/h2-6,8-10,12-14H,7,11,27H2,1H3/b15-12+. The van der Waals surface area contributed by atoms with E-state index in [9.17, 15) is 8.78 Å². The molecule has 2 N–H and O–H groups in total. The van der Waals surface area contributed by atoms with E-state index < -0.39 is 0 Å². The number of pyridine rings is 1. The van der Waals surface area contributed by atoms with Gasteiger partial charge in [-0.1, -0.05) is 30.3 Å². The Kier molecular flexibility index (Phi) is 4.78. The van der Waals surface area contributed by atoms with Crippen molar-refractivity contribution in [2.45, 2.75) is 19.8 Å². The number of hydrogen-bond donors (Lipinski definition) is 1. The summed E-state index contributed by atoms with van der Waals surface area (Å²) >= 11 is 0. The number of benzene rings is 2. The van der Waals surface area contributed by atoms with Crippen LogP contribution in [0.15, 0.2) is 66.6 Å². The molecule has 0 bridgehead atoms. The average Bonchev–Trinajstić information content (AvgIpc) is 2.71. The van der Waals surface area contributed by atoms with Crippen molar-refractivity contribution in [3.05, 3.63) is 89.1 Å². The van der Waals surface area contributed by atoms with Crippen molar-refractivity contribution in [2.75, 3.05) is 5.73 Å². The molecule has 0 unspecified atom stereocenters. The van der Waals surface area contributed by atoms with Crippen molar-refractivity contribution in [1.29, 1.82) is 0 Å². The number of fused-ring (bicyclic) bond motifs is 1. The van der Waals surface area contributed by atoms with Crippen LogP contribution in [0.3, 0.4) is 0 Å². The van der Waals surface area contributed by atoms with Crippen LogP contribution in [-0.4, -0.2) is 4.98 Å². The van der Waals surface area contributed by atoms with E-state index in [-0.39, 0.29) is 11.6 Å². The highest BCUT2D eigenvalue weighted by atomic mass is 19.1. The van der Waals surface area contributed by atoms with Crippen LogP contribution in [0.1, 0.15) is 36.5 Å². The van der Waals surface area contributed by atoms with Gasteiger partial charge in [-0.05, 0) is 71.5 Å². The lowest BCUT2D eigenvalue weighted by atomic mass is 9.96. The molecule has 1 aliphatic carbocycles. The number of allylic oxidation sites excluding steroid dienone is 5. The molecule has 1 heterocycles. The molecule has 0 spiro atoms. The monoisotopic (exact) mass is 374 g/mol. The molecule has 0 radical (unpaired) electrons. The lowest BCUT2D eigenvalue weighted by Crippen LogP contribution is -1.96. The highest BCUT2D eigenvalue weighted by molar-refractivity contribution is 5.97. The topological polar surface area (TPSA) is 38.9 Å². The van der Waals surface area contributed by atoms with E-state index in [0.717, 1.165) is 38.7 Å². The average molecular weight is 374 g/mol. The number of nitrogens with two attached hydrogens (primary N) is 1. The van der Waals surface area contributed by atoms with Gasteiger partial charge in [0.2, 0.25) is 0 Å². The quantitative estimate of drug-likeness (QED) is 0.417. The predicted octanol–water partition coefficient (Wildman–Crippen LogP) is 6.55. The molecule has 0 aliphatic heterocycles. The van der Waals surface area contributed by atoms with E-state index in [1.165, 1.54) is 18.2 Å². The fraction of sp³-hybridized carbons (Fsp3) is 0.125. The second-order valence-electron chi connectivity index (χ2n) is 7.00. The number of nitrogen functional groups attached to an aromatic ring is 1. The van der Waals surface area contributed by atoms with Crippen LogP contribution >= 0.6 is 0 Å². The van der Waals surface area contributed by atoms with Gasteiger partial charge < -0.3 is 5.73 Å². The number of nitrogens with zero attached hydrogens (tertiary/aromatic N) is 1. The van der Waals surface area contributed by atoms with Gasteiger partial charge in [0, 0.05) is 18.0 Å². The molecule has 140 valence electrons. The van der Waals surface area contributed by atoms with Gasteiger partial charge in [-0.15, -0.1) is 0 Å². The van der Waals surface area contributed by atoms with Crippen molar-refractivity contribution in [3.63, 3.8) is 0 Å². The first kappa shape index (κ1) is 18.1. The summed E-state index contributed by atoms with van der Waals surface area (Å²) in [5, 5.41) is 0.947. The van der Waals surface area contributed by atoms with Crippen LogP contribution in [0.2, 0.25) is 0 Å². The zero-order valence-corrected chi connectivity index (χ0v) is 15.5. The Balaban J connectivity index is 1.70. The Morgan fingerprint density at radius 1 is 1.04 bits per heavy atom. The lowest BCUT2D eigenvalue weighted by Gasteiger charge is -2.12. The van der Waals surface area contributed by atoms with Gasteiger partial charge in [-0.25, -0.2) is 8.78 Å². The molecule has 28 heavy (non-hydrogen) atoms. The first-order valence-corrected chi connectivity index (χ1v) is 9.19. The van der Waals surface area contributed by atoms with Crippen molar-refractivity contribution in [2.24, 2.45) is 0 Å². The zero-order chi connectivity index (χ0) is 19.7. The normalized spacial score (nSPS) is 14.8. The summed E-state index contributed by atoms with van der Waals surface area (Å²) in [4.78, 5) is 4.57. The molecular weight excluding hydrogens is 354 g/mol. The van der Waals surface area contributed by atoms with Gasteiger partial charge in [0.1, 0.15) is 11.6 Å². The summed E-state index contributed by atoms with van der Waals surface area (Å²) in [6, 6.07) is 12.4. The van der Waals surface area contributed by atoms with E-state index in [4.69, 9.17) is 5.73 Å². The maximum absolute atomic E-state index is 13.2. The minimum atomic E-state index is -0.256. The maximum atomic E-state index is 13.2. The number of anilines is 1. The first-order chi connectivity index (χ1) is 13.5. The maximum Gasteiger partial charge on any atom is 0.123 e. The van der Waals surface area contributed by atoms with Gasteiger partial charge in [0.25, 0.3) is 0 Å². The van der Waals surface area contributed by atoms with Crippen LogP contribution in [0.25, 0.3) is 28.1 Å². The minimum Gasteiger partial charge on any atom is -0.396 e. The molecule has 0 fully saturated rings. The number of aromatic nitrogens is 1. The first-order valence-electron chi connectivity index (χ1n) is 9.19. The van der Waals surface area contributed by atoms with E-state index in [1.807, 2.05) is 37.3 Å². The second kappa shape index (κ2) is 7.39. The third-order valence-electron chi connectivity index (χ3n) is 5.07. The van der Waals surface area contributed by atoms with Crippen molar-refractivity contribution in [1.82, 2.24) is 4.98 Å². The Bertz CT molecular complexity index is 1140. The molecule has 0 atom stereocenters. The molecule has 0 saturated carbocycles. The van der Waals surface area contributed by atoms with E-state index >= 15 is 0 Å². The summed E-state index contributed by atoms with van der Waals surface area (Å²) in [6.45, 7) is 1.97. The fourth-order valence-electron chi connectivity index (χ4n) is 3.42. The summed E-state index contributed by atoms with van der Waals surface area (Å²) in [6.07, 6.45) is 8.20. The van der Waals surface area contributed by atoms with Crippen molar-refractivity contribution in [3.8, 4) is 0 Å². The third kappa shape index (κ3) is 3.58. The highest BCUT2D eigenvalue weighted by Gasteiger charge is 2.11. The van der Waals surface area contributed by atoms with Crippen LogP contribution in [0, 0.1) is 5.82 Å². The lowest BCUT2D eigenvalue weighted by molar-refractivity contribution is 0.590. The largest absolute Gasteiger partial charge is 0.396 e. The van der Waals surface area contributed by atoms with Crippen LogP contribution in [0.5, 0.6) is 0 Å². The van der Waals surface area contributed by atoms with Crippen LogP contribution in [-0.2, 0) is 0 Å². The summed E-state index contributed by atoms with van der Waals surface area (Å²) in [7, 11) is 0. The highest BCUT2D eigenvalue weighted by Crippen LogP contribution is 2.31. The Labute approximate surface area is 162 Å². The van der Waals surface area contributed by atoms with Crippen molar-refractivity contribution >= 4 is 33.8 Å². The molecular formula is C24H20F2N2. The van der Waals surface area contributed by atoms with E-state index in [2.05, 4.69) is 4.98 Å². The number of hydrogen-bond acceptors (Lipinski definition) is 2. The van der Waals surface area contributed by atoms with Gasteiger partial charge in [-0.3, -0.25) is 4.98 Å². The number of halogens is 2. The second-order valence-corrected chi connectivity index (χ2v) is 7.00.